The molecule has 0 aliphatic carbocycles. The monoisotopic (exact) mass is 536 g/mol. The molecule has 0 aliphatic heterocycles. The van der Waals surface area contributed by atoms with Crippen LogP contribution in [0.4, 0.5) is 24.0 Å². The molecule has 0 atom stereocenters. The number of benzene rings is 2. The van der Waals surface area contributed by atoms with E-state index in [1.165, 1.54) is 18.3 Å². The Morgan fingerprint density at radius 2 is 2.11 bits per heavy atom. The van der Waals surface area contributed by atoms with E-state index in [9.17, 15) is 18.0 Å². The average molecular weight is 537 g/mol. The fourth-order valence-electron chi connectivity index (χ4n) is 2.90. The molecule has 3 rings (SSSR count). The summed E-state index contributed by atoms with van der Waals surface area (Å²) in [7, 11) is 0. The van der Waals surface area contributed by atoms with E-state index in [0.717, 1.165) is 23.5 Å². The molecule has 188 valence electrons. The van der Waals surface area contributed by atoms with E-state index < -0.39 is 17.6 Å². The normalized spacial score (nSPS) is 11.2. The molecule has 0 unspecified atom stereocenters. The van der Waals surface area contributed by atoms with Crippen molar-refractivity contribution in [3.05, 3.63) is 63.6 Å². The van der Waals surface area contributed by atoms with Crippen LogP contribution in [0.1, 0.15) is 23.7 Å². The van der Waals surface area contributed by atoms with E-state index in [-0.39, 0.29) is 23.7 Å². The van der Waals surface area contributed by atoms with Gasteiger partial charge in [0.25, 0.3) is 0 Å². The van der Waals surface area contributed by atoms with Crippen molar-refractivity contribution in [2.45, 2.75) is 19.5 Å². The molecule has 0 fully saturated rings. The minimum Gasteiger partial charge on any atom is -0.490 e. The molecule has 1 amide bonds. The number of carbonyl (C=O) groups excluding carboxylic acids is 1. The van der Waals surface area contributed by atoms with E-state index in [4.69, 9.17) is 27.5 Å². The molecule has 0 spiro atoms. The number of anilines is 2. The molecule has 3 aromatic rings. The molecule has 2 N–H and O–H groups in total. The number of halogens is 4. The van der Waals surface area contributed by atoms with Crippen LogP contribution in [0.2, 0.25) is 5.02 Å². The summed E-state index contributed by atoms with van der Waals surface area (Å²) in [5.74, 6) is 2.62. The minimum absolute atomic E-state index is 0.0249. The zero-order valence-corrected chi connectivity index (χ0v) is 20.4. The van der Waals surface area contributed by atoms with Gasteiger partial charge in [-0.2, -0.15) is 18.3 Å². The van der Waals surface area contributed by atoms with Crippen LogP contribution in [0.25, 0.3) is 0 Å². The van der Waals surface area contributed by atoms with E-state index in [0.29, 0.717) is 34.5 Å². The van der Waals surface area contributed by atoms with Crippen LogP contribution >= 0.6 is 22.9 Å². The van der Waals surface area contributed by atoms with E-state index in [1.54, 1.807) is 24.4 Å². The Morgan fingerprint density at radius 1 is 1.31 bits per heavy atom. The number of hydrogen-bond acceptors (Lipinski definition) is 7. The van der Waals surface area contributed by atoms with E-state index in [2.05, 4.69) is 26.7 Å². The predicted octanol–water partition coefficient (Wildman–Crippen LogP) is 5.66. The standard InChI is InChI=1S/C24H20ClF3N4O3S/c1-3-8-35-22-19(25)9-15(10-20(22)34-4-2)13-29-32-21(33)12-18-14-36-23(31-18)30-17-7-5-6-16(11-17)24(26,27)28/h1,5-7,9-11,13-14H,4,8,12H2,2H3,(H,30,31)(H,32,33)/b29-13-. The molecule has 1 heterocycles. The molecule has 0 radical (unpaired) electrons. The number of terminal acetylenes is 1. The Labute approximate surface area is 214 Å². The summed E-state index contributed by atoms with van der Waals surface area (Å²) >= 11 is 7.42. The molecule has 1 aromatic heterocycles. The summed E-state index contributed by atoms with van der Waals surface area (Å²) in [5, 5.41) is 8.98. The van der Waals surface area contributed by atoms with Gasteiger partial charge >= 0.3 is 6.18 Å². The lowest BCUT2D eigenvalue weighted by Crippen LogP contribution is -2.20. The van der Waals surface area contributed by atoms with Crippen molar-refractivity contribution in [2.24, 2.45) is 5.10 Å². The van der Waals surface area contributed by atoms with Crippen LogP contribution in [-0.2, 0) is 17.4 Å². The Hall–Kier alpha value is -3.75. The number of nitrogens with one attached hydrogen (secondary N) is 2. The maximum atomic E-state index is 12.9. The van der Waals surface area contributed by atoms with Crippen molar-refractivity contribution in [1.82, 2.24) is 10.4 Å². The Balaban J connectivity index is 1.59. The molecule has 2 aromatic carbocycles. The summed E-state index contributed by atoms with van der Waals surface area (Å²) < 4.78 is 49.6. The first kappa shape index (κ1) is 26.8. The first-order valence-corrected chi connectivity index (χ1v) is 11.7. The number of aromatic nitrogens is 1. The van der Waals surface area contributed by atoms with Crippen molar-refractivity contribution >= 4 is 45.9 Å². The van der Waals surface area contributed by atoms with Crippen LogP contribution in [0, 0.1) is 12.3 Å². The average Bonchev–Trinajstić information content (AvgIpc) is 3.25. The predicted molar refractivity (Wildman–Crippen MR) is 133 cm³/mol. The van der Waals surface area contributed by atoms with Crippen molar-refractivity contribution < 1.29 is 27.4 Å². The highest BCUT2D eigenvalue weighted by Gasteiger charge is 2.30. The largest absolute Gasteiger partial charge is 0.490 e. The third kappa shape index (κ3) is 7.63. The van der Waals surface area contributed by atoms with Gasteiger partial charge in [-0.25, -0.2) is 10.4 Å². The lowest BCUT2D eigenvalue weighted by Gasteiger charge is -2.12. The number of thiazole rings is 1. The number of alkyl halides is 3. The summed E-state index contributed by atoms with van der Waals surface area (Å²) in [4.78, 5) is 16.5. The second-order valence-corrected chi connectivity index (χ2v) is 8.34. The number of hydrogen-bond donors (Lipinski definition) is 2. The number of ether oxygens (including phenoxy) is 2. The summed E-state index contributed by atoms with van der Waals surface area (Å²) in [5.41, 5.74) is 2.84. The zero-order valence-electron chi connectivity index (χ0n) is 18.9. The number of hydrazone groups is 1. The van der Waals surface area contributed by atoms with Crippen LogP contribution in [-0.4, -0.2) is 30.3 Å². The van der Waals surface area contributed by atoms with Gasteiger partial charge in [0.05, 0.1) is 35.5 Å². The third-order valence-electron chi connectivity index (χ3n) is 4.37. The second-order valence-electron chi connectivity index (χ2n) is 7.07. The Kier molecular flexibility index (Phi) is 9.16. The van der Waals surface area contributed by atoms with Crippen molar-refractivity contribution in [3.63, 3.8) is 0 Å². The molecule has 0 bridgehead atoms. The molecule has 0 aliphatic rings. The Bertz CT molecular complexity index is 1290. The zero-order chi connectivity index (χ0) is 26.1. The fourth-order valence-corrected chi connectivity index (χ4v) is 3.91. The van der Waals surface area contributed by atoms with Crippen molar-refractivity contribution in [3.8, 4) is 23.8 Å². The second kappa shape index (κ2) is 12.3. The van der Waals surface area contributed by atoms with Gasteiger partial charge < -0.3 is 14.8 Å². The smallest absolute Gasteiger partial charge is 0.416 e. The van der Waals surface area contributed by atoms with Gasteiger partial charge in [-0.05, 0) is 42.8 Å². The van der Waals surface area contributed by atoms with Gasteiger partial charge in [0.2, 0.25) is 5.91 Å². The maximum absolute atomic E-state index is 12.9. The van der Waals surface area contributed by atoms with Gasteiger partial charge in [0.15, 0.2) is 16.6 Å². The van der Waals surface area contributed by atoms with Crippen molar-refractivity contribution in [1.29, 1.82) is 0 Å². The van der Waals surface area contributed by atoms with Gasteiger partial charge in [0, 0.05) is 11.1 Å². The number of rotatable bonds is 10. The SMILES string of the molecule is C#CCOc1c(Cl)cc(/C=N\NC(=O)Cc2csc(Nc3cccc(C(F)(F)F)c3)n2)cc1OCC. The number of carbonyl (C=O) groups is 1. The summed E-state index contributed by atoms with van der Waals surface area (Å²) in [6, 6.07) is 7.99. The van der Waals surface area contributed by atoms with Gasteiger partial charge in [-0.3, -0.25) is 4.79 Å². The van der Waals surface area contributed by atoms with Crippen LogP contribution in [0.3, 0.4) is 0 Å². The number of amides is 1. The topological polar surface area (TPSA) is 84.8 Å². The summed E-state index contributed by atoms with van der Waals surface area (Å²) in [6.45, 7) is 2.20. The molecular formula is C24H20ClF3N4O3S. The quantitative estimate of drug-likeness (QED) is 0.198. The fraction of sp³-hybridized carbons (Fsp3) is 0.208. The van der Waals surface area contributed by atoms with Gasteiger partial charge in [-0.1, -0.05) is 23.6 Å². The van der Waals surface area contributed by atoms with E-state index in [1.807, 2.05) is 0 Å². The molecule has 36 heavy (non-hydrogen) atoms. The molecule has 7 nitrogen and oxygen atoms in total. The number of nitrogens with zero attached hydrogens (tertiary/aromatic N) is 2. The van der Waals surface area contributed by atoms with Crippen molar-refractivity contribution in [2.75, 3.05) is 18.5 Å². The molecular weight excluding hydrogens is 517 g/mol. The lowest BCUT2D eigenvalue weighted by molar-refractivity contribution is -0.137. The Morgan fingerprint density at radius 3 is 2.83 bits per heavy atom. The van der Waals surface area contributed by atoms with E-state index >= 15 is 0 Å². The first-order valence-electron chi connectivity index (χ1n) is 10.4. The lowest BCUT2D eigenvalue weighted by atomic mass is 10.2. The van der Waals surface area contributed by atoms with Gasteiger partial charge in [-0.15, -0.1) is 17.8 Å². The highest BCUT2D eigenvalue weighted by Crippen LogP contribution is 2.36. The van der Waals surface area contributed by atoms with Crippen LogP contribution in [0.5, 0.6) is 11.5 Å². The minimum atomic E-state index is -4.45. The van der Waals surface area contributed by atoms with Gasteiger partial charge in [0.1, 0.15) is 6.61 Å². The molecule has 12 heteroatoms. The maximum Gasteiger partial charge on any atom is 0.416 e. The van der Waals surface area contributed by atoms with Crippen LogP contribution in [0.15, 0.2) is 46.9 Å². The first-order chi connectivity index (χ1) is 17.2. The molecule has 0 saturated carbocycles. The highest BCUT2D eigenvalue weighted by atomic mass is 35.5. The highest BCUT2D eigenvalue weighted by molar-refractivity contribution is 7.13. The third-order valence-corrected chi connectivity index (χ3v) is 5.46. The molecule has 0 saturated heterocycles. The van der Waals surface area contributed by atoms with Crippen LogP contribution < -0.4 is 20.2 Å². The summed E-state index contributed by atoms with van der Waals surface area (Å²) in [6.07, 6.45) is 2.08.